The third-order valence-corrected chi connectivity index (χ3v) is 2.75. The van der Waals surface area contributed by atoms with Gasteiger partial charge in [-0.3, -0.25) is 14.4 Å². The van der Waals surface area contributed by atoms with Gasteiger partial charge >= 0.3 is 11.9 Å². The second-order valence-electron chi connectivity index (χ2n) is 4.52. The Morgan fingerprint density at radius 3 is 2.39 bits per heavy atom. The predicted octanol–water partition coefficient (Wildman–Crippen LogP) is -0.0610. The van der Waals surface area contributed by atoms with Gasteiger partial charge < -0.3 is 20.5 Å². The van der Waals surface area contributed by atoms with E-state index in [1.54, 1.807) is 37.3 Å². The molecule has 0 aliphatic carbocycles. The SMILES string of the molecule is CCOC(=O)C[C@H](NC(=O)CNC(=O)c1ccccc1)C(=O)O. The van der Waals surface area contributed by atoms with Gasteiger partial charge in [0.25, 0.3) is 5.91 Å². The molecule has 8 nitrogen and oxygen atoms in total. The first-order valence-corrected chi connectivity index (χ1v) is 6.95. The molecule has 0 aliphatic rings. The second kappa shape index (κ2) is 9.19. The number of rotatable bonds is 8. The van der Waals surface area contributed by atoms with Gasteiger partial charge in [-0.15, -0.1) is 0 Å². The number of esters is 1. The summed E-state index contributed by atoms with van der Waals surface area (Å²) < 4.78 is 4.64. The van der Waals surface area contributed by atoms with Crippen LogP contribution in [0.4, 0.5) is 0 Å². The zero-order valence-corrected chi connectivity index (χ0v) is 12.6. The first-order chi connectivity index (χ1) is 10.9. The van der Waals surface area contributed by atoms with E-state index in [9.17, 15) is 19.2 Å². The summed E-state index contributed by atoms with van der Waals surface area (Å²) in [5.41, 5.74) is 0.376. The van der Waals surface area contributed by atoms with Crippen molar-refractivity contribution in [2.24, 2.45) is 0 Å². The number of carbonyl (C=O) groups is 4. The summed E-state index contributed by atoms with van der Waals surface area (Å²) in [6, 6.07) is 6.84. The highest BCUT2D eigenvalue weighted by Crippen LogP contribution is 1.98. The molecule has 2 amide bonds. The van der Waals surface area contributed by atoms with Gasteiger partial charge in [-0.1, -0.05) is 18.2 Å². The van der Waals surface area contributed by atoms with E-state index < -0.39 is 42.8 Å². The van der Waals surface area contributed by atoms with Crippen molar-refractivity contribution in [3.63, 3.8) is 0 Å². The van der Waals surface area contributed by atoms with Gasteiger partial charge in [-0.25, -0.2) is 4.79 Å². The molecule has 0 saturated heterocycles. The summed E-state index contributed by atoms with van der Waals surface area (Å²) >= 11 is 0. The molecule has 8 heteroatoms. The number of benzene rings is 1. The summed E-state index contributed by atoms with van der Waals surface area (Å²) in [6.07, 6.45) is -0.485. The molecule has 1 rings (SSSR count). The van der Waals surface area contributed by atoms with Crippen LogP contribution in [0.2, 0.25) is 0 Å². The lowest BCUT2D eigenvalue weighted by Crippen LogP contribution is -2.46. The molecule has 0 heterocycles. The van der Waals surface area contributed by atoms with E-state index >= 15 is 0 Å². The maximum absolute atomic E-state index is 11.8. The van der Waals surface area contributed by atoms with Crippen LogP contribution in [0.5, 0.6) is 0 Å². The van der Waals surface area contributed by atoms with Crippen molar-refractivity contribution in [2.45, 2.75) is 19.4 Å². The van der Waals surface area contributed by atoms with Crippen LogP contribution in [0.15, 0.2) is 30.3 Å². The number of ether oxygens (including phenoxy) is 1. The van der Waals surface area contributed by atoms with Crippen LogP contribution in [0.25, 0.3) is 0 Å². The van der Waals surface area contributed by atoms with Crippen molar-refractivity contribution in [1.29, 1.82) is 0 Å². The maximum Gasteiger partial charge on any atom is 0.326 e. The fourth-order valence-corrected chi connectivity index (χ4v) is 1.68. The Bertz CT molecular complexity index is 573. The molecule has 1 aromatic rings. The van der Waals surface area contributed by atoms with Gasteiger partial charge in [0.15, 0.2) is 0 Å². The first-order valence-electron chi connectivity index (χ1n) is 6.95. The lowest BCUT2D eigenvalue weighted by Gasteiger charge is -2.14. The predicted molar refractivity (Wildman–Crippen MR) is 79.6 cm³/mol. The van der Waals surface area contributed by atoms with Crippen molar-refractivity contribution in [1.82, 2.24) is 10.6 Å². The monoisotopic (exact) mass is 322 g/mol. The number of aliphatic carboxylic acids is 1. The van der Waals surface area contributed by atoms with Gasteiger partial charge in [0, 0.05) is 5.56 Å². The van der Waals surface area contributed by atoms with Crippen molar-refractivity contribution < 1.29 is 29.0 Å². The number of carboxylic acid groups (broad SMARTS) is 1. The molecule has 0 aromatic heterocycles. The lowest BCUT2D eigenvalue weighted by molar-refractivity contribution is -0.150. The zero-order valence-electron chi connectivity index (χ0n) is 12.6. The average molecular weight is 322 g/mol. The van der Waals surface area contributed by atoms with Gasteiger partial charge in [-0.05, 0) is 19.1 Å². The molecule has 23 heavy (non-hydrogen) atoms. The molecule has 0 unspecified atom stereocenters. The fourth-order valence-electron chi connectivity index (χ4n) is 1.68. The van der Waals surface area contributed by atoms with Crippen molar-refractivity contribution >= 4 is 23.8 Å². The fraction of sp³-hybridized carbons (Fsp3) is 0.333. The molecule has 3 N–H and O–H groups in total. The average Bonchev–Trinajstić information content (AvgIpc) is 2.53. The molecular formula is C15H18N2O6. The smallest absolute Gasteiger partial charge is 0.326 e. The Kier molecular flexibility index (Phi) is 7.25. The van der Waals surface area contributed by atoms with E-state index in [0.29, 0.717) is 5.56 Å². The van der Waals surface area contributed by atoms with Gasteiger partial charge in [0.05, 0.1) is 19.6 Å². The second-order valence-corrected chi connectivity index (χ2v) is 4.52. The molecule has 0 radical (unpaired) electrons. The number of hydrogen-bond donors (Lipinski definition) is 3. The van der Waals surface area contributed by atoms with Gasteiger partial charge in [-0.2, -0.15) is 0 Å². The molecule has 1 aromatic carbocycles. The minimum Gasteiger partial charge on any atom is -0.480 e. The number of hydrogen-bond acceptors (Lipinski definition) is 5. The lowest BCUT2D eigenvalue weighted by atomic mass is 10.2. The Hall–Kier alpha value is -2.90. The van der Waals surface area contributed by atoms with E-state index in [2.05, 4.69) is 15.4 Å². The van der Waals surface area contributed by atoms with Crippen molar-refractivity contribution in [3.05, 3.63) is 35.9 Å². The number of nitrogens with one attached hydrogen (secondary N) is 2. The van der Waals surface area contributed by atoms with Crippen molar-refractivity contribution in [2.75, 3.05) is 13.2 Å². The number of carboxylic acids is 1. The molecule has 0 saturated carbocycles. The van der Waals surface area contributed by atoms with Crippen LogP contribution in [-0.4, -0.2) is 48.1 Å². The van der Waals surface area contributed by atoms with Crippen LogP contribution in [-0.2, 0) is 19.1 Å². The molecule has 1 atom stereocenters. The van der Waals surface area contributed by atoms with Crippen LogP contribution < -0.4 is 10.6 Å². The third kappa shape index (κ3) is 6.60. The Labute approximate surface area is 132 Å². The third-order valence-electron chi connectivity index (χ3n) is 2.75. The van der Waals surface area contributed by atoms with Crippen LogP contribution in [0, 0.1) is 0 Å². The first kappa shape index (κ1) is 18.1. The summed E-state index contributed by atoms with van der Waals surface area (Å²) in [7, 11) is 0. The standard InChI is InChI=1S/C15H18N2O6/c1-2-23-13(19)8-11(15(21)22)17-12(18)9-16-14(20)10-6-4-3-5-7-10/h3-7,11H,2,8-9H2,1H3,(H,16,20)(H,17,18)(H,21,22)/t11-/m0/s1. The highest BCUT2D eigenvalue weighted by Gasteiger charge is 2.24. The Morgan fingerprint density at radius 1 is 1.17 bits per heavy atom. The normalized spacial score (nSPS) is 11.2. The van der Waals surface area contributed by atoms with Crippen LogP contribution in [0.1, 0.15) is 23.7 Å². The molecule has 0 spiro atoms. The van der Waals surface area contributed by atoms with E-state index in [0.717, 1.165) is 0 Å². The summed E-state index contributed by atoms with van der Waals surface area (Å²) in [5, 5.41) is 13.5. The number of amides is 2. The number of carbonyl (C=O) groups excluding carboxylic acids is 3. The summed E-state index contributed by atoms with van der Waals surface area (Å²) in [4.78, 5) is 45.8. The molecule has 0 aliphatic heterocycles. The Morgan fingerprint density at radius 2 is 1.83 bits per heavy atom. The minimum atomic E-state index is -1.41. The van der Waals surface area contributed by atoms with E-state index in [1.165, 1.54) is 0 Å². The molecule has 124 valence electrons. The topological polar surface area (TPSA) is 122 Å². The van der Waals surface area contributed by atoms with Crippen LogP contribution >= 0.6 is 0 Å². The zero-order chi connectivity index (χ0) is 17.2. The quantitative estimate of drug-likeness (QED) is 0.576. The molecular weight excluding hydrogens is 304 g/mol. The highest BCUT2D eigenvalue weighted by molar-refractivity contribution is 5.97. The molecule has 0 fully saturated rings. The van der Waals surface area contributed by atoms with Gasteiger partial charge in [0.2, 0.25) is 5.91 Å². The maximum atomic E-state index is 11.8. The summed E-state index contributed by atoms with van der Waals surface area (Å²) in [5.74, 6) is -3.27. The largest absolute Gasteiger partial charge is 0.480 e. The van der Waals surface area contributed by atoms with E-state index in [4.69, 9.17) is 5.11 Å². The summed E-state index contributed by atoms with van der Waals surface area (Å²) in [6.45, 7) is 1.30. The van der Waals surface area contributed by atoms with Gasteiger partial charge in [0.1, 0.15) is 6.04 Å². The Balaban J connectivity index is 2.48. The van der Waals surface area contributed by atoms with Crippen molar-refractivity contribution in [3.8, 4) is 0 Å². The van der Waals surface area contributed by atoms with Crippen LogP contribution in [0.3, 0.4) is 0 Å². The van der Waals surface area contributed by atoms with E-state index in [1.807, 2.05) is 0 Å². The molecule has 0 bridgehead atoms. The van der Waals surface area contributed by atoms with E-state index in [-0.39, 0.29) is 6.61 Å². The highest BCUT2D eigenvalue weighted by atomic mass is 16.5. The minimum absolute atomic E-state index is 0.117.